The van der Waals surface area contributed by atoms with Gasteiger partial charge in [0.05, 0.1) is 58.1 Å². The third-order valence-corrected chi connectivity index (χ3v) is 15.5. The molecule has 2 fully saturated rings. The summed E-state index contributed by atoms with van der Waals surface area (Å²) in [6.45, 7) is 1.64. The van der Waals surface area contributed by atoms with E-state index >= 15 is 0 Å². The molecule has 0 unspecified atom stereocenters. The number of ether oxygens (including phenoxy) is 9. The van der Waals surface area contributed by atoms with E-state index < -0.39 is 60.1 Å². The van der Waals surface area contributed by atoms with Crippen LogP contribution in [-0.2, 0) is 93.8 Å². The van der Waals surface area contributed by atoms with Crippen molar-refractivity contribution in [1.82, 2.24) is 0 Å². The SMILES string of the molecule is O[C@@H]1O[C@H](CO[C@@]2(c3ccccc3)O[C@H](COCc3ccccc3)[C@@H](OCc3ccccc3)[C@H](OCc3ccccc3)[C@H]2SCc2ccccc2)[C@@H](OCc2ccccc2)[C@H](OCc2ccccc2)[C@H]1OCc1ccccc1. The summed E-state index contributed by atoms with van der Waals surface area (Å²) in [5.74, 6) is -0.954. The minimum absolute atomic E-state index is 0.108. The average Bonchev–Trinajstić information content (AvgIpc) is 3.67. The summed E-state index contributed by atoms with van der Waals surface area (Å²) in [6, 6.07) is 80.7. The maximum atomic E-state index is 12.3. The van der Waals surface area contributed by atoms with E-state index in [0.29, 0.717) is 25.6 Å². The van der Waals surface area contributed by atoms with Gasteiger partial charge >= 0.3 is 0 Å². The molecule has 2 heterocycles. The monoisotopic (exact) mass is 1060 g/mol. The second-order valence-electron chi connectivity index (χ2n) is 19.6. The number of aliphatic hydroxyl groups excluding tert-OH is 1. The minimum atomic E-state index is -1.55. The van der Waals surface area contributed by atoms with Crippen molar-refractivity contribution in [3.05, 3.63) is 287 Å². The first-order valence-corrected chi connectivity index (χ1v) is 27.9. The van der Waals surface area contributed by atoms with E-state index in [1.807, 2.05) is 194 Å². The van der Waals surface area contributed by atoms with Gasteiger partial charge in [0, 0.05) is 11.3 Å². The number of hydrogen-bond donors (Lipinski definition) is 1. The number of thioether (sulfide) groups is 1. The highest BCUT2D eigenvalue weighted by Gasteiger charge is 2.59. The summed E-state index contributed by atoms with van der Waals surface area (Å²) in [7, 11) is 0. The molecule has 11 heteroatoms. The van der Waals surface area contributed by atoms with Gasteiger partial charge in [0.1, 0.15) is 42.7 Å². The Morgan fingerprint density at radius 1 is 0.359 bits per heavy atom. The quantitative estimate of drug-likeness (QED) is 0.0561. The van der Waals surface area contributed by atoms with Crippen molar-refractivity contribution in [2.45, 2.75) is 105 Å². The Labute approximate surface area is 463 Å². The van der Waals surface area contributed by atoms with Crippen LogP contribution in [0.2, 0.25) is 0 Å². The van der Waals surface area contributed by atoms with Crippen LogP contribution in [0.4, 0.5) is 0 Å². The van der Waals surface area contributed by atoms with Crippen molar-refractivity contribution >= 4 is 11.8 Å². The second kappa shape index (κ2) is 28.5. The van der Waals surface area contributed by atoms with E-state index in [-0.39, 0.29) is 33.0 Å². The first-order chi connectivity index (χ1) is 38.6. The van der Waals surface area contributed by atoms with Gasteiger partial charge in [-0.25, -0.2) is 0 Å². The summed E-state index contributed by atoms with van der Waals surface area (Å²) in [6.07, 6.45) is -6.95. The van der Waals surface area contributed by atoms with Crippen molar-refractivity contribution in [3.63, 3.8) is 0 Å². The standard InChI is InChI=1S/C67H68O10S/c68-66-64(74-46-55-35-19-6-20-36-55)62(72-44-53-31-15-4-16-32-53)60(70-42-51-27-11-2-12-28-51)58(76-66)48-75-67(57-39-23-8-24-40-57)65(78-49-56-37-21-7-22-38-56)63(73-45-54-33-17-5-18-34-54)61(71-43-52-29-13-3-14-30-52)59(77-67)47-69-41-50-25-9-1-10-26-50/h1-40,58-66,68H,41-49H2/t58-,59-,60-,61-,62+,63+,64-,65-,66-,67+/m1/s1. The lowest BCUT2D eigenvalue weighted by molar-refractivity contribution is -0.361. The largest absolute Gasteiger partial charge is 0.374 e. The zero-order chi connectivity index (χ0) is 53.0. The molecule has 0 saturated carbocycles. The highest BCUT2D eigenvalue weighted by Crippen LogP contribution is 2.49. The fraction of sp³-hybridized carbons (Fsp3) is 0.284. The molecule has 0 aromatic heterocycles. The molecule has 78 heavy (non-hydrogen) atoms. The Morgan fingerprint density at radius 2 is 0.705 bits per heavy atom. The van der Waals surface area contributed by atoms with E-state index in [4.69, 9.17) is 42.6 Å². The molecule has 2 aliphatic heterocycles. The molecule has 10 rings (SSSR count). The zero-order valence-corrected chi connectivity index (χ0v) is 44.5. The van der Waals surface area contributed by atoms with E-state index in [2.05, 4.69) is 48.5 Å². The smallest absolute Gasteiger partial charge is 0.210 e. The Kier molecular flexibility index (Phi) is 20.1. The van der Waals surface area contributed by atoms with Gasteiger partial charge in [-0.15, -0.1) is 11.8 Å². The van der Waals surface area contributed by atoms with Crippen LogP contribution in [0.1, 0.15) is 44.5 Å². The van der Waals surface area contributed by atoms with Gasteiger partial charge in [0.15, 0.2) is 6.29 Å². The van der Waals surface area contributed by atoms with Crippen LogP contribution in [0, 0.1) is 0 Å². The van der Waals surface area contributed by atoms with Crippen LogP contribution in [-0.4, -0.2) is 72.6 Å². The Morgan fingerprint density at radius 3 is 1.14 bits per heavy atom. The molecular formula is C67H68O10S. The van der Waals surface area contributed by atoms with Crippen LogP contribution < -0.4 is 0 Å². The van der Waals surface area contributed by atoms with Crippen molar-refractivity contribution in [2.24, 2.45) is 0 Å². The highest BCUT2D eigenvalue weighted by atomic mass is 32.2. The maximum Gasteiger partial charge on any atom is 0.210 e. The second-order valence-corrected chi connectivity index (χ2v) is 20.7. The van der Waals surface area contributed by atoms with Crippen LogP contribution in [0.5, 0.6) is 0 Å². The van der Waals surface area contributed by atoms with Gasteiger partial charge < -0.3 is 47.7 Å². The van der Waals surface area contributed by atoms with Crippen molar-refractivity contribution in [3.8, 4) is 0 Å². The molecule has 8 aromatic rings. The molecule has 0 spiro atoms. The fourth-order valence-corrected chi connectivity index (χ4v) is 11.5. The lowest BCUT2D eigenvalue weighted by Gasteiger charge is -2.53. The van der Waals surface area contributed by atoms with Crippen LogP contribution >= 0.6 is 11.8 Å². The van der Waals surface area contributed by atoms with Gasteiger partial charge in [0.2, 0.25) is 5.79 Å². The van der Waals surface area contributed by atoms with Crippen molar-refractivity contribution in [2.75, 3.05) is 13.2 Å². The summed E-state index contributed by atoms with van der Waals surface area (Å²) < 4.78 is 63.8. The third kappa shape index (κ3) is 14.9. The molecule has 10 nitrogen and oxygen atoms in total. The first-order valence-electron chi connectivity index (χ1n) is 26.8. The maximum absolute atomic E-state index is 12.3. The molecular weight excluding hydrogens is 997 g/mol. The minimum Gasteiger partial charge on any atom is -0.374 e. The summed E-state index contributed by atoms with van der Waals surface area (Å²) in [5.41, 5.74) is 7.78. The van der Waals surface area contributed by atoms with E-state index in [1.54, 1.807) is 11.8 Å². The summed E-state index contributed by atoms with van der Waals surface area (Å²) in [5, 5.41) is 11.7. The molecule has 2 saturated heterocycles. The first kappa shape index (κ1) is 55.0. The average molecular weight is 1070 g/mol. The van der Waals surface area contributed by atoms with E-state index in [0.717, 1.165) is 44.5 Å². The van der Waals surface area contributed by atoms with Crippen molar-refractivity contribution in [1.29, 1.82) is 0 Å². The Bertz CT molecular complexity index is 2920. The third-order valence-electron chi connectivity index (χ3n) is 14.0. The van der Waals surface area contributed by atoms with Gasteiger partial charge in [0.25, 0.3) is 0 Å². The fourth-order valence-electron chi connectivity index (χ4n) is 10.0. The molecule has 0 amide bonds. The van der Waals surface area contributed by atoms with E-state index in [1.165, 1.54) is 0 Å². The predicted octanol–water partition coefficient (Wildman–Crippen LogP) is 12.4. The van der Waals surface area contributed by atoms with Crippen molar-refractivity contribution < 1.29 is 47.7 Å². The van der Waals surface area contributed by atoms with Crippen LogP contribution in [0.15, 0.2) is 243 Å². The lowest BCUT2D eigenvalue weighted by Crippen LogP contribution is -2.66. The Balaban J connectivity index is 1.06. The van der Waals surface area contributed by atoms with Gasteiger partial charge in [-0.3, -0.25) is 0 Å². The van der Waals surface area contributed by atoms with Crippen LogP contribution in [0.3, 0.4) is 0 Å². The number of rotatable bonds is 26. The summed E-state index contributed by atoms with van der Waals surface area (Å²) >= 11 is 1.69. The summed E-state index contributed by atoms with van der Waals surface area (Å²) in [4.78, 5) is 0. The number of benzene rings is 8. The topological polar surface area (TPSA) is 103 Å². The highest BCUT2D eigenvalue weighted by molar-refractivity contribution is 7.99. The van der Waals surface area contributed by atoms with Gasteiger partial charge in [-0.05, 0) is 38.9 Å². The predicted molar refractivity (Wildman–Crippen MR) is 303 cm³/mol. The molecule has 0 radical (unpaired) electrons. The Hall–Kier alpha value is -6.29. The lowest BCUT2D eigenvalue weighted by atomic mass is 9.89. The molecule has 8 aromatic carbocycles. The van der Waals surface area contributed by atoms with E-state index in [9.17, 15) is 5.11 Å². The molecule has 10 atom stereocenters. The van der Waals surface area contributed by atoms with Gasteiger partial charge in [-0.1, -0.05) is 243 Å². The van der Waals surface area contributed by atoms with Gasteiger partial charge in [-0.2, -0.15) is 0 Å². The molecule has 2 aliphatic rings. The zero-order valence-electron chi connectivity index (χ0n) is 43.7. The number of hydrogen-bond acceptors (Lipinski definition) is 11. The molecule has 0 bridgehead atoms. The number of aliphatic hydroxyl groups is 1. The normalized spacial score (nSPS) is 24.1. The van der Waals surface area contributed by atoms with Crippen LogP contribution in [0.25, 0.3) is 0 Å². The molecule has 0 aliphatic carbocycles. The molecule has 1 N–H and O–H groups in total. The molecule has 402 valence electrons.